The number of aromatic nitrogens is 1. The lowest BCUT2D eigenvalue weighted by Crippen LogP contribution is -1.97. The van der Waals surface area contributed by atoms with Gasteiger partial charge < -0.3 is 9.84 Å². The zero-order valence-corrected chi connectivity index (χ0v) is 10.1. The Morgan fingerprint density at radius 3 is 2.93 bits per heavy atom. The first-order valence-electron chi connectivity index (χ1n) is 3.99. The van der Waals surface area contributed by atoms with Crippen molar-refractivity contribution in [2.75, 3.05) is 7.11 Å². The quantitative estimate of drug-likeness (QED) is 0.923. The van der Waals surface area contributed by atoms with Crippen LogP contribution in [0.5, 0.6) is 5.75 Å². The molecule has 0 radical (unpaired) electrons. The van der Waals surface area contributed by atoms with Gasteiger partial charge >= 0.3 is 5.97 Å². The SMILES string of the molecule is COc1cc(C(=O)O)cc2sc(Br)nc12. The molecule has 0 amide bonds. The molecule has 0 atom stereocenters. The topological polar surface area (TPSA) is 59.4 Å². The molecule has 1 N–H and O–H groups in total. The summed E-state index contributed by atoms with van der Waals surface area (Å²) in [5, 5.41) is 8.89. The van der Waals surface area contributed by atoms with Crippen LogP contribution in [-0.4, -0.2) is 23.2 Å². The largest absolute Gasteiger partial charge is 0.494 e. The molecule has 0 saturated heterocycles. The van der Waals surface area contributed by atoms with Gasteiger partial charge in [-0.15, -0.1) is 11.3 Å². The first-order chi connectivity index (χ1) is 7.11. The lowest BCUT2D eigenvalue weighted by Gasteiger charge is -2.01. The molecule has 78 valence electrons. The number of fused-ring (bicyclic) bond motifs is 1. The molecule has 0 bridgehead atoms. The van der Waals surface area contributed by atoms with Crippen LogP contribution in [0.15, 0.2) is 16.0 Å². The highest BCUT2D eigenvalue weighted by Gasteiger charge is 2.12. The molecule has 4 nitrogen and oxygen atoms in total. The summed E-state index contributed by atoms with van der Waals surface area (Å²) in [6, 6.07) is 3.06. The Bertz CT molecular complexity index is 537. The second kappa shape index (κ2) is 3.79. The Morgan fingerprint density at radius 2 is 2.33 bits per heavy atom. The molecule has 6 heteroatoms. The predicted octanol–water partition coefficient (Wildman–Crippen LogP) is 2.77. The van der Waals surface area contributed by atoms with Gasteiger partial charge in [-0.1, -0.05) is 0 Å². The minimum absolute atomic E-state index is 0.204. The van der Waals surface area contributed by atoms with Crippen molar-refractivity contribution < 1.29 is 14.6 Å². The summed E-state index contributed by atoms with van der Waals surface area (Å²) in [5.74, 6) is -0.494. The van der Waals surface area contributed by atoms with Crippen molar-refractivity contribution in [3.05, 3.63) is 21.6 Å². The van der Waals surface area contributed by atoms with E-state index in [-0.39, 0.29) is 5.56 Å². The third kappa shape index (κ3) is 1.82. The number of nitrogens with zero attached hydrogens (tertiary/aromatic N) is 1. The van der Waals surface area contributed by atoms with Crippen molar-refractivity contribution in [1.29, 1.82) is 0 Å². The van der Waals surface area contributed by atoms with Gasteiger partial charge in [0.25, 0.3) is 0 Å². The minimum Gasteiger partial charge on any atom is -0.494 e. The molecule has 0 aliphatic rings. The molecule has 15 heavy (non-hydrogen) atoms. The lowest BCUT2D eigenvalue weighted by molar-refractivity contribution is 0.0696. The van der Waals surface area contributed by atoms with Crippen LogP contribution in [-0.2, 0) is 0 Å². The van der Waals surface area contributed by atoms with E-state index in [0.717, 1.165) is 4.70 Å². The molecule has 0 spiro atoms. The molecule has 0 unspecified atom stereocenters. The fourth-order valence-electron chi connectivity index (χ4n) is 1.25. The van der Waals surface area contributed by atoms with Crippen molar-refractivity contribution in [3.63, 3.8) is 0 Å². The number of carboxylic acid groups (broad SMARTS) is 1. The molecule has 1 heterocycles. The van der Waals surface area contributed by atoms with Crippen LogP contribution in [0.1, 0.15) is 10.4 Å². The van der Waals surface area contributed by atoms with E-state index in [2.05, 4.69) is 20.9 Å². The fourth-order valence-corrected chi connectivity index (χ4v) is 2.70. The Morgan fingerprint density at radius 1 is 1.60 bits per heavy atom. The molecule has 0 saturated carbocycles. The van der Waals surface area contributed by atoms with Crippen LogP contribution < -0.4 is 4.74 Å². The Balaban J connectivity index is 2.76. The van der Waals surface area contributed by atoms with Crippen molar-refractivity contribution in [2.24, 2.45) is 0 Å². The number of benzene rings is 1. The molecule has 1 aromatic carbocycles. The fraction of sp³-hybridized carbons (Fsp3) is 0.111. The van der Waals surface area contributed by atoms with Gasteiger partial charge in [0.05, 0.1) is 17.4 Å². The van der Waals surface area contributed by atoms with E-state index in [4.69, 9.17) is 9.84 Å². The summed E-state index contributed by atoms with van der Waals surface area (Å²) >= 11 is 4.63. The van der Waals surface area contributed by atoms with Crippen molar-refractivity contribution >= 4 is 43.5 Å². The van der Waals surface area contributed by atoms with Crippen molar-refractivity contribution in [2.45, 2.75) is 0 Å². The number of carboxylic acids is 1. The van der Waals surface area contributed by atoms with Gasteiger partial charge in [0.1, 0.15) is 11.3 Å². The summed E-state index contributed by atoms with van der Waals surface area (Å²) in [6.07, 6.45) is 0. The van der Waals surface area contributed by atoms with Crippen molar-refractivity contribution in [3.8, 4) is 5.75 Å². The van der Waals surface area contributed by atoms with E-state index in [0.29, 0.717) is 15.2 Å². The number of ether oxygens (including phenoxy) is 1. The number of aromatic carboxylic acids is 1. The van der Waals surface area contributed by atoms with Crippen LogP contribution in [0.3, 0.4) is 0 Å². The van der Waals surface area contributed by atoms with Gasteiger partial charge in [0, 0.05) is 0 Å². The van der Waals surface area contributed by atoms with E-state index in [1.807, 2.05) is 0 Å². The maximum Gasteiger partial charge on any atom is 0.335 e. The van der Waals surface area contributed by atoms with Gasteiger partial charge in [0.15, 0.2) is 3.92 Å². The average Bonchev–Trinajstić information content (AvgIpc) is 2.56. The second-order valence-electron chi connectivity index (χ2n) is 2.80. The summed E-state index contributed by atoms with van der Waals surface area (Å²) in [5.41, 5.74) is 0.884. The number of hydrogen-bond donors (Lipinski definition) is 1. The minimum atomic E-state index is -0.972. The smallest absolute Gasteiger partial charge is 0.335 e. The number of carbonyl (C=O) groups is 1. The van der Waals surface area contributed by atoms with E-state index in [9.17, 15) is 4.79 Å². The first-order valence-corrected chi connectivity index (χ1v) is 5.60. The van der Waals surface area contributed by atoms with Crippen molar-refractivity contribution in [1.82, 2.24) is 4.98 Å². The third-order valence-corrected chi connectivity index (χ3v) is 3.35. The van der Waals surface area contributed by atoms with Crippen LogP contribution >= 0.6 is 27.3 Å². The molecule has 0 aliphatic carbocycles. The van der Waals surface area contributed by atoms with Gasteiger partial charge in [-0.3, -0.25) is 0 Å². The molecule has 0 aliphatic heterocycles. The Kier molecular flexibility index (Phi) is 2.62. The van der Waals surface area contributed by atoms with E-state index in [1.54, 1.807) is 6.07 Å². The predicted molar refractivity (Wildman–Crippen MR) is 60.8 cm³/mol. The van der Waals surface area contributed by atoms with Gasteiger partial charge in [-0.05, 0) is 28.1 Å². The molecular formula is C9H6BrNO3S. The summed E-state index contributed by atoms with van der Waals surface area (Å²) in [4.78, 5) is 15.0. The molecule has 2 aromatic rings. The lowest BCUT2D eigenvalue weighted by atomic mass is 10.2. The highest BCUT2D eigenvalue weighted by Crippen LogP contribution is 2.33. The molecule has 0 fully saturated rings. The standard InChI is InChI=1S/C9H6BrNO3S/c1-14-5-2-4(8(12)13)3-6-7(5)11-9(10)15-6/h2-3H,1H3,(H,12,13). The zero-order valence-electron chi connectivity index (χ0n) is 7.65. The van der Waals surface area contributed by atoms with E-state index < -0.39 is 5.97 Å². The third-order valence-electron chi connectivity index (χ3n) is 1.90. The second-order valence-corrected chi connectivity index (χ2v) is 5.10. The number of halogens is 1. The highest BCUT2D eigenvalue weighted by molar-refractivity contribution is 9.11. The van der Waals surface area contributed by atoms with Crippen LogP contribution in [0.2, 0.25) is 0 Å². The van der Waals surface area contributed by atoms with E-state index >= 15 is 0 Å². The van der Waals surface area contributed by atoms with Gasteiger partial charge in [-0.25, -0.2) is 9.78 Å². The maximum atomic E-state index is 10.8. The monoisotopic (exact) mass is 287 g/mol. The van der Waals surface area contributed by atoms with Crippen LogP contribution in [0, 0.1) is 0 Å². The Hall–Kier alpha value is -1.14. The molecular weight excluding hydrogens is 282 g/mol. The normalized spacial score (nSPS) is 10.5. The highest BCUT2D eigenvalue weighted by atomic mass is 79.9. The van der Waals surface area contributed by atoms with Gasteiger partial charge in [-0.2, -0.15) is 0 Å². The van der Waals surface area contributed by atoms with E-state index in [1.165, 1.54) is 24.5 Å². The molecule has 2 rings (SSSR count). The zero-order chi connectivity index (χ0) is 11.0. The van der Waals surface area contributed by atoms with Gasteiger partial charge in [0.2, 0.25) is 0 Å². The maximum absolute atomic E-state index is 10.8. The number of rotatable bonds is 2. The number of hydrogen-bond acceptors (Lipinski definition) is 4. The Labute approximate surface area is 97.6 Å². The first kappa shape index (κ1) is 10.4. The number of thiazole rings is 1. The summed E-state index contributed by atoms with van der Waals surface area (Å²) < 4.78 is 6.59. The summed E-state index contributed by atoms with van der Waals surface area (Å²) in [6.45, 7) is 0. The number of methoxy groups -OCH3 is 1. The average molecular weight is 288 g/mol. The molecule has 1 aromatic heterocycles. The van der Waals surface area contributed by atoms with Crippen LogP contribution in [0.25, 0.3) is 10.2 Å². The summed E-state index contributed by atoms with van der Waals surface area (Å²) in [7, 11) is 1.49. The van der Waals surface area contributed by atoms with Crippen LogP contribution in [0.4, 0.5) is 0 Å².